The lowest BCUT2D eigenvalue weighted by molar-refractivity contribution is -0.139. The molecular weight excluding hydrogens is 560 g/mol. The Kier molecular flexibility index (Phi) is 9.05. The van der Waals surface area contributed by atoms with Gasteiger partial charge in [-0.3, -0.25) is 19.2 Å². The van der Waals surface area contributed by atoms with Gasteiger partial charge in [-0.1, -0.05) is 18.7 Å². The van der Waals surface area contributed by atoms with Crippen molar-refractivity contribution in [2.45, 2.75) is 45.6 Å². The van der Waals surface area contributed by atoms with E-state index in [-0.39, 0.29) is 34.7 Å². The molecule has 1 aliphatic carbocycles. The summed E-state index contributed by atoms with van der Waals surface area (Å²) in [6, 6.07) is 2.84. The van der Waals surface area contributed by atoms with Gasteiger partial charge < -0.3 is 29.5 Å². The molecule has 1 saturated carbocycles. The average Bonchev–Trinajstić information content (AvgIpc) is 3.73. The first-order valence-corrected chi connectivity index (χ1v) is 15.4. The van der Waals surface area contributed by atoms with E-state index >= 15 is 0 Å². The van der Waals surface area contributed by atoms with Crippen LogP contribution in [0.2, 0.25) is 0 Å². The molecule has 2 aromatic rings. The number of hydrogen-bond acceptors (Lipinski definition) is 10. The van der Waals surface area contributed by atoms with Gasteiger partial charge in [0.05, 0.1) is 19.7 Å². The van der Waals surface area contributed by atoms with Crippen molar-refractivity contribution < 1.29 is 28.7 Å². The van der Waals surface area contributed by atoms with Crippen LogP contribution in [0, 0.1) is 11.8 Å². The molecule has 3 aliphatic rings. The summed E-state index contributed by atoms with van der Waals surface area (Å²) in [4.78, 5) is 65.9. The van der Waals surface area contributed by atoms with Gasteiger partial charge in [-0.05, 0) is 31.7 Å². The minimum Gasteiger partial charge on any atom is -0.493 e. The van der Waals surface area contributed by atoms with Crippen LogP contribution in [0.4, 0.5) is 11.8 Å². The lowest BCUT2D eigenvalue weighted by Crippen LogP contribution is -2.49. The van der Waals surface area contributed by atoms with Crippen LogP contribution < -0.4 is 19.7 Å². The van der Waals surface area contributed by atoms with Crippen LogP contribution in [0.15, 0.2) is 12.1 Å². The Morgan fingerprint density at radius 3 is 2.33 bits per heavy atom. The molecule has 0 spiro atoms. The molecule has 3 fully saturated rings. The number of aromatic nitrogens is 2. The third kappa shape index (κ3) is 6.40. The van der Waals surface area contributed by atoms with Crippen LogP contribution >= 0.6 is 11.8 Å². The minimum absolute atomic E-state index is 0.0419. The number of rotatable bonds is 9. The van der Waals surface area contributed by atoms with E-state index in [1.807, 2.05) is 9.80 Å². The van der Waals surface area contributed by atoms with Crippen molar-refractivity contribution in [1.29, 1.82) is 0 Å². The maximum atomic E-state index is 13.7. The highest BCUT2D eigenvalue weighted by atomic mass is 32.2. The number of methoxy groups -OCH3 is 2. The maximum absolute atomic E-state index is 13.7. The summed E-state index contributed by atoms with van der Waals surface area (Å²) in [5.41, 5.74) is 0.568. The standard InChI is InChI=1S/C29H38N6O6S/c1-17(16-42-18(2)36)27(38)35-9-5-6-22(35)26(37)31-25-20-14-23(40-3)24(41-4)15-21(20)30-29(32-25)34-12-10-33(11-13-34)28(39)19-7-8-19/h14-15,17,19,22H,5-13,16H2,1-4H3,(H,30,31,32,37). The van der Waals surface area contributed by atoms with E-state index in [0.717, 1.165) is 24.6 Å². The summed E-state index contributed by atoms with van der Waals surface area (Å²) >= 11 is 1.12. The summed E-state index contributed by atoms with van der Waals surface area (Å²) in [7, 11) is 3.08. The van der Waals surface area contributed by atoms with Crippen molar-refractivity contribution in [2.24, 2.45) is 11.8 Å². The fourth-order valence-corrected chi connectivity index (χ4v) is 6.12. The van der Waals surface area contributed by atoms with Crippen LogP contribution in [0.25, 0.3) is 10.9 Å². The summed E-state index contributed by atoms with van der Waals surface area (Å²) in [6.45, 7) is 6.07. The molecule has 42 heavy (non-hydrogen) atoms. The van der Waals surface area contributed by atoms with E-state index in [0.29, 0.717) is 85.5 Å². The Morgan fingerprint density at radius 1 is 1.00 bits per heavy atom. The molecule has 12 nitrogen and oxygen atoms in total. The SMILES string of the molecule is COc1cc2nc(N3CCN(C(=O)C4CC4)CC3)nc(NC(=O)C3CCCN3C(=O)C(C)CSC(C)=O)c2cc1OC. The Bertz CT molecular complexity index is 1380. The second kappa shape index (κ2) is 12.7. The number of piperazine rings is 1. The predicted octanol–water partition coefficient (Wildman–Crippen LogP) is 2.55. The molecule has 1 aromatic heterocycles. The molecule has 3 heterocycles. The average molecular weight is 599 g/mol. The van der Waals surface area contributed by atoms with Gasteiger partial charge in [0, 0.05) is 68.7 Å². The summed E-state index contributed by atoms with van der Waals surface area (Å²) < 4.78 is 11.0. The van der Waals surface area contributed by atoms with Gasteiger partial charge >= 0.3 is 0 Å². The lowest BCUT2D eigenvalue weighted by atomic mass is 10.1. The third-order valence-electron chi connectivity index (χ3n) is 8.03. The van der Waals surface area contributed by atoms with Crippen LogP contribution in [0.1, 0.15) is 39.5 Å². The second-order valence-corrected chi connectivity index (χ2v) is 12.3. The highest BCUT2D eigenvalue weighted by molar-refractivity contribution is 8.13. The van der Waals surface area contributed by atoms with E-state index in [1.54, 1.807) is 31.1 Å². The van der Waals surface area contributed by atoms with Gasteiger partial charge in [0.15, 0.2) is 16.6 Å². The zero-order valence-electron chi connectivity index (χ0n) is 24.6. The molecule has 13 heteroatoms. The van der Waals surface area contributed by atoms with Gasteiger partial charge in [0.1, 0.15) is 11.9 Å². The van der Waals surface area contributed by atoms with Gasteiger partial charge in [-0.2, -0.15) is 4.98 Å². The number of thioether (sulfide) groups is 1. The highest BCUT2D eigenvalue weighted by Crippen LogP contribution is 2.36. The number of nitrogens with one attached hydrogen (secondary N) is 1. The Labute approximate surface area is 249 Å². The van der Waals surface area contributed by atoms with Crippen LogP contribution in [0.3, 0.4) is 0 Å². The molecule has 3 amide bonds. The number of likely N-dealkylation sites (tertiary alicyclic amines) is 1. The first-order valence-electron chi connectivity index (χ1n) is 14.4. The largest absolute Gasteiger partial charge is 0.493 e. The van der Waals surface area contributed by atoms with Crippen molar-refractivity contribution in [3.05, 3.63) is 12.1 Å². The molecular formula is C29H38N6O6S. The highest BCUT2D eigenvalue weighted by Gasteiger charge is 2.37. The molecule has 2 saturated heterocycles. The number of anilines is 2. The Morgan fingerprint density at radius 2 is 1.69 bits per heavy atom. The molecule has 0 bridgehead atoms. The van der Waals surface area contributed by atoms with Gasteiger partial charge in [0.25, 0.3) is 0 Å². The monoisotopic (exact) mass is 598 g/mol. The van der Waals surface area contributed by atoms with Crippen molar-refractivity contribution in [3.8, 4) is 11.5 Å². The molecule has 5 rings (SSSR count). The van der Waals surface area contributed by atoms with E-state index in [2.05, 4.69) is 5.32 Å². The third-order valence-corrected chi connectivity index (χ3v) is 9.10. The zero-order valence-corrected chi connectivity index (χ0v) is 25.4. The van der Waals surface area contributed by atoms with E-state index in [4.69, 9.17) is 19.4 Å². The van der Waals surface area contributed by atoms with Crippen LogP contribution in [-0.2, 0) is 19.2 Å². The number of ether oxygens (including phenoxy) is 2. The van der Waals surface area contributed by atoms with Crippen molar-refractivity contribution in [3.63, 3.8) is 0 Å². The smallest absolute Gasteiger partial charge is 0.248 e. The number of hydrogen-bond donors (Lipinski definition) is 1. The fraction of sp³-hybridized carbons (Fsp3) is 0.586. The van der Waals surface area contributed by atoms with Crippen LogP contribution in [-0.4, -0.2) is 101 Å². The first kappa shape index (κ1) is 29.9. The maximum Gasteiger partial charge on any atom is 0.248 e. The van der Waals surface area contributed by atoms with Crippen molar-refractivity contribution >= 4 is 57.3 Å². The topological polar surface area (TPSA) is 134 Å². The normalized spacial score (nSPS) is 19.5. The summed E-state index contributed by atoms with van der Waals surface area (Å²) in [5, 5.41) is 3.52. The van der Waals surface area contributed by atoms with E-state index in [9.17, 15) is 19.2 Å². The summed E-state index contributed by atoms with van der Waals surface area (Å²) in [6.07, 6.45) is 3.19. The predicted molar refractivity (Wildman–Crippen MR) is 160 cm³/mol. The number of amides is 3. The van der Waals surface area contributed by atoms with Gasteiger partial charge in [-0.25, -0.2) is 4.98 Å². The molecule has 1 N–H and O–H groups in total. The molecule has 226 valence electrons. The van der Waals surface area contributed by atoms with E-state index in [1.165, 1.54) is 14.0 Å². The Hall–Kier alpha value is -3.61. The second-order valence-electron chi connectivity index (χ2n) is 11.1. The zero-order chi connectivity index (χ0) is 30.0. The fourth-order valence-electron chi connectivity index (χ4n) is 5.50. The number of carbonyl (C=O) groups excluding carboxylic acids is 4. The van der Waals surface area contributed by atoms with E-state index < -0.39 is 6.04 Å². The minimum atomic E-state index is -0.645. The summed E-state index contributed by atoms with van der Waals surface area (Å²) in [5.74, 6) is 1.65. The first-order chi connectivity index (χ1) is 20.2. The number of benzene rings is 1. The number of nitrogens with zero attached hydrogens (tertiary/aromatic N) is 5. The molecule has 2 atom stereocenters. The van der Waals surface area contributed by atoms with Crippen LogP contribution in [0.5, 0.6) is 11.5 Å². The number of fused-ring (bicyclic) bond motifs is 1. The lowest BCUT2D eigenvalue weighted by Gasteiger charge is -2.35. The molecule has 2 unspecified atom stereocenters. The van der Waals surface area contributed by atoms with Gasteiger partial charge in [-0.15, -0.1) is 0 Å². The quantitative estimate of drug-likeness (QED) is 0.459. The number of carbonyl (C=O) groups is 4. The van der Waals surface area contributed by atoms with Crippen molar-refractivity contribution in [2.75, 3.05) is 62.9 Å². The Balaban J connectivity index is 1.40. The van der Waals surface area contributed by atoms with Crippen molar-refractivity contribution in [1.82, 2.24) is 19.8 Å². The molecule has 0 radical (unpaired) electrons. The van der Waals surface area contributed by atoms with Gasteiger partial charge in [0.2, 0.25) is 23.7 Å². The molecule has 1 aromatic carbocycles. The molecule has 2 aliphatic heterocycles.